The van der Waals surface area contributed by atoms with Crippen molar-refractivity contribution in [1.29, 1.82) is 0 Å². The standard InChI is InChI=1S/C20H30N2O2/c1-15(23)22-11-8-16(9-12-22)7-10-21-19-5-3-17-4-6-20(24-2)14-18(17)13-19/h4,6,14,16,19,21H,3,5,7-13H2,1-2H3/t19-/m0/s1. The molecule has 4 nitrogen and oxygen atoms in total. The van der Waals surface area contributed by atoms with Gasteiger partial charge in [-0.05, 0) is 74.2 Å². The van der Waals surface area contributed by atoms with E-state index in [1.807, 2.05) is 4.90 Å². The van der Waals surface area contributed by atoms with E-state index in [0.29, 0.717) is 6.04 Å². The summed E-state index contributed by atoms with van der Waals surface area (Å²) in [6.07, 6.45) is 7.04. The topological polar surface area (TPSA) is 41.6 Å². The molecule has 1 saturated heterocycles. The molecule has 4 heteroatoms. The molecule has 0 bridgehead atoms. The van der Waals surface area contributed by atoms with Crippen LogP contribution >= 0.6 is 0 Å². The Hall–Kier alpha value is -1.55. The van der Waals surface area contributed by atoms with Crippen molar-refractivity contribution < 1.29 is 9.53 Å². The van der Waals surface area contributed by atoms with Gasteiger partial charge in [-0.3, -0.25) is 4.79 Å². The van der Waals surface area contributed by atoms with Gasteiger partial charge < -0.3 is 15.0 Å². The zero-order chi connectivity index (χ0) is 16.9. The summed E-state index contributed by atoms with van der Waals surface area (Å²) in [6, 6.07) is 7.07. The number of nitrogens with one attached hydrogen (secondary N) is 1. The number of carbonyl (C=O) groups excluding carboxylic acids is 1. The molecule has 3 rings (SSSR count). The number of rotatable bonds is 5. The van der Waals surface area contributed by atoms with E-state index in [9.17, 15) is 4.79 Å². The molecule has 1 heterocycles. The second-order valence-electron chi connectivity index (χ2n) is 7.27. The van der Waals surface area contributed by atoms with Gasteiger partial charge in [-0.2, -0.15) is 0 Å². The molecule has 1 amide bonds. The van der Waals surface area contributed by atoms with Gasteiger partial charge in [0.05, 0.1) is 7.11 Å². The Bertz CT molecular complexity index is 565. The van der Waals surface area contributed by atoms with Crippen molar-refractivity contribution in [3.63, 3.8) is 0 Å². The van der Waals surface area contributed by atoms with Crippen LogP contribution in [0.25, 0.3) is 0 Å². The Kier molecular flexibility index (Phi) is 5.77. The maximum absolute atomic E-state index is 11.4. The molecule has 24 heavy (non-hydrogen) atoms. The van der Waals surface area contributed by atoms with E-state index in [-0.39, 0.29) is 5.91 Å². The molecule has 1 atom stereocenters. The molecule has 1 aromatic rings. The molecule has 0 unspecified atom stereocenters. The minimum absolute atomic E-state index is 0.225. The normalized spacial score (nSPS) is 21.4. The first-order chi connectivity index (χ1) is 11.7. The summed E-state index contributed by atoms with van der Waals surface area (Å²) in [5, 5.41) is 3.76. The number of ether oxygens (including phenoxy) is 1. The van der Waals surface area contributed by atoms with E-state index in [0.717, 1.165) is 57.0 Å². The SMILES string of the molecule is COc1ccc2c(c1)C[C@@H](NCCC1CCN(C(C)=O)CC1)CC2. The largest absolute Gasteiger partial charge is 0.497 e. The molecule has 132 valence electrons. The van der Waals surface area contributed by atoms with Gasteiger partial charge in [-0.25, -0.2) is 0 Å². The number of methoxy groups -OCH3 is 1. The van der Waals surface area contributed by atoms with Crippen molar-refractivity contribution in [2.75, 3.05) is 26.7 Å². The minimum Gasteiger partial charge on any atom is -0.497 e. The van der Waals surface area contributed by atoms with Gasteiger partial charge in [0.15, 0.2) is 0 Å². The first-order valence-corrected chi connectivity index (χ1v) is 9.30. The van der Waals surface area contributed by atoms with Gasteiger partial charge in [-0.15, -0.1) is 0 Å². The Balaban J connectivity index is 1.41. The van der Waals surface area contributed by atoms with E-state index in [4.69, 9.17) is 4.74 Å². The average Bonchev–Trinajstić information content (AvgIpc) is 2.61. The first kappa shape index (κ1) is 17.3. The van der Waals surface area contributed by atoms with Crippen LogP contribution in [0, 0.1) is 5.92 Å². The van der Waals surface area contributed by atoms with E-state index >= 15 is 0 Å². The summed E-state index contributed by atoms with van der Waals surface area (Å²) in [7, 11) is 1.73. The maximum atomic E-state index is 11.4. The number of nitrogens with zero attached hydrogens (tertiary/aromatic N) is 1. The van der Waals surface area contributed by atoms with Gasteiger partial charge in [0.25, 0.3) is 0 Å². The number of hydrogen-bond donors (Lipinski definition) is 1. The first-order valence-electron chi connectivity index (χ1n) is 9.30. The summed E-state index contributed by atoms with van der Waals surface area (Å²) in [5.41, 5.74) is 2.92. The second-order valence-corrected chi connectivity index (χ2v) is 7.27. The fraction of sp³-hybridized carbons (Fsp3) is 0.650. The van der Waals surface area contributed by atoms with Crippen LogP contribution in [0.3, 0.4) is 0 Å². The highest BCUT2D eigenvalue weighted by Crippen LogP contribution is 2.26. The molecule has 0 aromatic heterocycles. The van der Waals surface area contributed by atoms with Crippen molar-refractivity contribution in [2.45, 2.75) is 51.5 Å². The van der Waals surface area contributed by atoms with Crippen LogP contribution in [0.5, 0.6) is 5.75 Å². The molecule has 1 N–H and O–H groups in total. The zero-order valence-corrected chi connectivity index (χ0v) is 15.0. The molecule has 1 aliphatic heterocycles. The third-order valence-electron chi connectivity index (χ3n) is 5.69. The van der Waals surface area contributed by atoms with E-state index < -0.39 is 0 Å². The highest BCUT2D eigenvalue weighted by Gasteiger charge is 2.22. The molecular formula is C20H30N2O2. The second kappa shape index (κ2) is 8.02. The number of aryl methyl sites for hydroxylation is 1. The fourth-order valence-electron chi connectivity index (χ4n) is 4.06. The lowest BCUT2D eigenvalue weighted by Gasteiger charge is -2.32. The highest BCUT2D eigenvalue weighted by molar-refractivity contribution is 5.73. The third kappa shape index (κ3) is 4.29. The summed E-state index contributed by atoms with van der Waals surface area (Å²) >= 11 is 0. The molecule has 0 spiro atoms. The Morgan fingerprint density at radius 2 is 2.04 bits per heavy atom. The van der Waals surface area contributed by atoms with Crippen LogP contribution in [-0.2, 0) is 17.6 Å². The van der Waals surface area contributed by atoms with Crippen molar-refractivity contribution in [1.82, 2.24) is 10.2 Å². The predicted molar refractivity (Wildman–Crippen MR) is 96.4 cm³/mol. The van der Waals surface area contributed by atoms with Crippen molar-refractivity contribution in [3.8, 4) is 5.75 Å². The molecule has 1 fully saturated rings. The Morgan fingerprint density at radius 1 is 1.25 bits per heavy atom. The van der Waals surface area contributed by atoms with Crippen LogP contribution in [0.1, 0.15) is 43.7 Å². The number of carbonyl (C=O) groups is 1. The molecule has 1 aromatic carbocycles. The number of piperidine rings is 1. The highest BCUT2D eigenvalue weighted by atomic mass is 16.5. The number of benzene rings is 1. The minimum atomic E-state index is 0.225. The summed E-state index contributed by atoms with van der Waals surface area (Å²) < 4.78 is 5.35. The Morgan fingerprint density at radius 3 is 2.75 bits per heavy atom. The lowest BCUT2D eigenvalue weighted by atomic mass is 9.87. The molecule has 0 saturated carbocycles. The van der Waals surface area contributed by atoms with Crippen LogP contribution in [0.4, 0.5) is 0 Å². The van der Waals surface area contributed by atoms with Gasteiger partial charge >= 0.3 is 0 Å². The Labute approximate surface area is 145 Å². The average molecular weight is 330 g/mol. The molecular weight excluding hydrogens is 300 g/mol. The third-order valence-corrected chi connectivity index (χ3v) is 5.69. The van der Waals surface area contributed by atoms with Gasteiger partial charge in [-0.1, -0.05) is 6.07 Å². The molecule has 0 radical (unpaired) electrons. The van der Waals surface area contributed by atoms with Crippen LogP contribution in [-0.4, -0.2) is 43.6 Å². The number of hydrogen-bond acceptors (Lipinski definition) is 3. The predicted octanol–water partition coefficient (Wildman–Crippen LogP) is 2.79. The van der Waals surface area contributed by atoms with Gasteiger partial charge in [0.1, 0.15) is 5.75 Å². The van der Waals surface area contributed by atoms with E-state index in [1.54, 1.807) is 14.0 Å². The van der Waals surface area contributed by atoms with Crippen molar-refractivity contribution in [3.05, 3.63) is 29.3 Å². The van der Waals surface area contributed by atoms with Crippen molar-refractivity contribution in [2.24, 2.45) is 5.92 Å². The maximum Gasteiger partial charge on any atom is 0.219 e. The van der Waals surface area contributed by atoms with Crippen molar-refractivity contribution >= 4 is 5.91 Å². The van der Waals surface area contributed by atoms with E-state index in [2.05, 4.69) is 23.5 Å². The monoisotopic (exact) mass is 330 g/mol. The van der Waals surface area contributed by atoms with Crippen LogP contribution < -0.4 is 10.1 Å². The summed E-state index contributed by atoms with van der Waals surface area (Å²) in [6.45, 7) is 4.65. The number of fused-ring (bicyclic) bond motifs is 1. The van der Waals surface area contributed by atoms with Gasteiger partial charge in [0, 0.05) is 26.1 Å². The lowest BCUT2D eigenvalue weighted by Crippen LogP contribution is -2.39. The molecule has 1 aliphatic carbocycles. The fourth-order valence-corrected chi connectivity index (χ4v) is 4.06. The number of likely N-dealkylation sites (tertiary alicyclic amines) is 1. The van der Waals surface area contributed by atoms with Crippen LogP contribution in [0.2, 0.25) is 0 Å². The molecule has 2 aliphatic rings. The quantitative estimate of drug-likeness (QED) is 0.903. The summed E-state index contributed by atoms with van der Waals surface area (Å²) in [4.78, 5) is 13.4. The zero-order valence-electron chi connectivity index (χ0n) is 15.0. The van der Waals surface area contributed by atoms with Crippen LogP contribution in [0.15, 0.2) is 18.2 Å². The van der Waals surface area contributed by atoms with E-state index in [1.165, 1.54) is 24.0 Å². The van der Waals surface area contributed by atoms with Gasteiger partial charge in [0.2, 0.25) is 5.91 Å². The summed E-state index contributed by atoms with van der Waals surface area (Å²) in [5.74, 6) is 1.96. The smallest absolute Gasteiger partial charge is 0.219 e. The number of amides is 1. The lowest BCUT2D eigenvalue weighted by molar-refractivity contribution is -0.130.